The predicted molar refractivity (Wildman–Crippen MR) is 149 cm³/mol. The molecule has 1 heterocycles. The van der Waals surface area contributed by atoms with E-state index in [1.54, 1.807) is 30.3 Å². The molecule has 4 rings (SSSR count). The molecule has 3 aromatic rings. The number of benzene rings is 3. The fourth-order valence-corrected chi connectivity index (χ4v) is 4.96. The number of halogens is 4. The summed E-state index contributed by atoms with van der Waals surface area (Å²) in [6.45, 7) is 5.09. The standard InChI is InChI=1S/C33H38F4O3/c1-3-5-7-9-19-38-28-18-17-26(32(36)33(28)37)23-13-11-22(12-14-23)25-15-16-27(31(35)30(25)34)24-20-39-29(40-21-24)10-8-6-4-2/h11-18,24,29H,3-10,19-21H2,1-2H3. The minimum absolute atomic E-state index is 0.0645. The van der Waals surface area contributed by atoms with Crippen molar-refractivity contribution in [2.75, 3.05) is 19.8 Å². The van der Waals surface area contributed by atoms with Gasteiger partial charge >= 0.3 is 0 Å². The Morgan fingerprint density at radius 2 is 1.23 bits per heavy atom. The van der Waals surface area contributed by atoms with Gasteiger partial charge in [-0.3, -0.25) is 0 Å². The predicted octanol–water partition coefficient (Wildman–Crippen LogP) is 9.57. The molecule has 1 saturated heterocycles. The maximum atomic E-state index is 15.2. The summed E-state index contributed by atoms with van der Waals surface area (Å²) in [6.07, 6.45) is 7.59. The van der Waals surface area contributed by atoms with Crippen LogP contribution >= 0.6 is 0 Å². The Morgan fingerprint density at radius 3 is 1.85 bits per heavy atom. The second kappa shape index (κ2) is 14.6. The van der Waals surface area contributed by atoms with E-state index in [0.717, 1.165) is 51.4 Å². The van der Waals surface area contributed by atoms with Crippen molar-refractivity contribution in [3.05, 3.63) is 77.4 Å². The van der Waals surface area contributed by atoms with Crippen LogP contribution < -0.4 is 4.74 Å². The Balaban J connectivity index is 1.43. The molecule has 0 N–H and O–H groups in total. The van der Waals surface area contributed by atoms with E-state index in [1.807, 2.05) is 0 Å². The lowest BCUT2D eigenvalue weighted by Gasteiger charge is -2.30. The lowest BCUT2D eigenvalue weighted by molar-refractivity contribution is -0.190. The van der Waals surface area contributed by atoms with Crippen LogP contribution in [0.1, 0.15) is 76.7 Å². The molecule has 40 heavy (non-hydrogen) atoms. The van der Waals surface area contributed by atoms with Crippen LogP contribution in [-0.4, -0.2) is 26.1 Å². The summed E-state index contributed by atoms with van der Waals surface area (Å²) in [6, 6.07) is 12.2. The molecule has 1 aliphatic heterocycles. The second-order valence-corrected chi connectivity index (χ2v) is 10.3. The Bertz CT molecular complexity index is 1240. The van der Waals surface area contributed by atoms with Crippen molar-refractivity contribution >= 4 is 0 Å². The van der Waals surface area contributed by atoms with Crippen molar-refractivity contribution in [1.82, 2.24) is 0 Å². The van der Waals surface area contributed by atoms with Crippen LogP contribution in [0.15, 0.2) is 48.5 Å². The Labute approximate surface area is 234 Å². The average Bonchev–Trinajstić information content (AvgIpc) is 2.97. The highest BCUT2D eigenvalue weighted by molar-refractivity contribution is 5.72. The summed E-state index contributed by atoms with van der Waals surface area (Å²) < 4.78 is 76.7. The van der Waals surface area contributed by atoms with Crippen LogP contribution in [0.5, 0.6) is 5.75 Å². The lowest BCUT2D eigenvalue weighted by atomic mass is 9.94. The summed E-state index contributed by atoms with van der Waals surface area (Å²) in [5.74, 6) is -4.45. The lowest BCUT2D eigenvalue weighted by Crippen LogP contribution is -2.31. The van der Waals surface area contributed by atoms with Crippen molar-refractivity contribution < 1.29 is 31.8 Å². The van der Waals surface area contributed by atoms with Gasteiger partial charge in [0, 0.05) is 17.0 Å². The first-order valence-electron chi connectivity index (χ1n) is 14.4. The molecule has 0 radical (unpaired) electrons. The SMILES string of the molecule is CCCCCCOc1ccc(-c2ccc(-c3ccc(C4COC(CCCCC)OC4)c(F)c3F)cc2)c(F)c1F. The van der Waals surface area contributed by atoms with Gasteiger partial charge in [-0.2, -0.15) is 4.39 Å². The highest BCUT2D eigenvalue weighted by Crippen LogP contribution is 2.35. The minimum atomic E-state index is -1.04. The topological polar surface area (TPSA) is 27.7 Å². The third-order valence-corrected chi connectivity index (χ3v) is 7.37. The summed E-state index contributed by atoms with van der Waals surface area (Å²) in [7, 11) is 0. The van der Waals surface area contributed by atoms with E-state index in [2.05, 4.69) is 13.8 Å². The Hall–Kier alpha value is -2.90. The quantitative estimate of drug-likeness (QED) is 0.154. The zero-order chi connectivity index (χ0) is 28.5. The molecule has 0 spiro atoms. The van der Waals surface area contributed by atoms with Gasteiger partial charge in [0.1, 0.15) is 0 Å². The number of rotatable bonds is 13. The van der Waals surface area contributed by atoms with E-state index in [0.29, 0.717) is 17.7 Å². The van der Waals surface area contributed by atoms with Gasteiger partial charge in [-0.1, -0.05) is 82.3 Å². The molecule has 1 aliphatic rings. The van der Waals surface area contributed by atoms with E-state index in [1.165, 1.54) is 18.2 Å². The van der Waals surface area contributed by atoms with Gasteiger partial charge in [0.25, 0.3) is 0 Å². The molecule has 3 nitrogen and oxygen atoms in total. The van der Waals surface area contributed by atoms with Gasteiger partial charge in [0.15, 0.2) is 29.5 Å². The molecular weight excluding hydrogens is 520 g/mol. The van der Waals surface area contributed by atoms with Gasteiger partial charge in [-0.05, 0) is 48.1 Å². The number of ether oxygens (including phenoxy) is 3. The monoisotopic (exact) mass is 558 g/mol. The third kappa shape index (κ3) is 7.24. The van der Waals surface area contributed by atoms with Crippen LogP contribution in [0.2, 0.25) is 0 Å². The van der Waals surface area contributed by atoms with Gasteiger partial charge in [0.05, 0.1) is 19.8 Å². The molecule has 0 aliphatic carbocycles. The van der Waals surface area contributed by atoms with Crippen LogP contribution in [0.3, 0.4) is 0 Å². The van der Waals surface area contributed by atoms with E-state index >= 15 is 8.78 Å². The first-order valence-corrected chi connectivity index (χ1v) is 14.4. The van der Waals surface area contributed by atoms with Gasteiger partial charge < -0.3 is 14.2 Å². The zero-order valence-electron chi connectivity index (χ0n) is 23.3. The smallest absolute Gasteiger partial charge is 0.201 e. The normalized spacial score (nSPS) is 17.2. The average molecular weight is 559 g/mol. The first kappa shape index (κ1) is 30.1. The van der Waals surface area contributed by atoms with Crippen LogP contribution in [0.25, 0.3) is 22.3 Å². The maximum absolute atomic E-state index is 15.2. The summed E-state index contributed by atoms with van der Waals surface area (Å²) in [5.41, 5.74) is 1.20. The molecule has 0 saturated carbocycles. The molecule has 3 aromatic carbocycles. The minimum Gasteiger partial charge on any atom is -0.490 e. The number of hydrogen-bond acceptors (Lipinski definition) is 3. The highest BCUT2D eigenvalue weighted by Gasteiger charge is 2.27. The third-order valence-electron chi connectivity index (χ3n) is 7.37. The molecule has 7 heteroatoms. The summed E-state index contributed by atoms with van der Waals surface area (Å²) in [5, 5.41) is 0. The molecule has 216 valence electrons. The van der Waals surface area contributed by atoms with Crippen molar-refractivity contribution in [2.24, 2.45) is 0 Å². The van der Waals surface area contributed by atoms with Crippen molar-refractivity contribution in [1.29, 1.82) is 0 Å². The molecule has 0 atom stereocenters. The molecule has 1 fully saturated rings. The summed E-state index contributed by atoms with van der Waals surface area (Å²) in [4.78, 5) is 0. The maximum Gasteiger partial charge on any atom is 0.201 e. The Kier molecular flexibility index (Phi) is 11.0. The van der Waals surface area contributed by atoms with Crippen LogP contribution in [0.4, 0.5) is 17.6 Å². The number of hydrogen-bond donors (Lipinski definition) is 0. The van der Waals surface area contributed by atoms with E-state index < -0.39 is 29.2 Å². The second-order valence-electron chi connectivity index (χ2n) is 10.3. The van der Waals surface area contributed by atoms with Gasteiger partial charge in [0.2, 0.25) is 5.82 Å². The largest absolute Gasteiger partial charge is 0.490 e. The fourth-order valence-electron chi connectivity index (χ4n) is 4.96. The molecule has 0 unspecified atom stereocenters. The number of unbranched alkanes of at least 4 members (excludes halogenated alkanes) is 5. The zero-order valence-corrected chi connectivity index (χ0v) is 23.3. The highest BCUT2D eigenvalue weighted by atomic mass is 19.2. The fraction of sp³-hybridized carbons (Fsp3) is 0.455. The molecule has 0 bridgehead atoms. The van der Waals surface area contributed by atoms with E-state index in [-0.39, 0.29) is 41.9 Å². The van der Waals surface area contributed by atoms with Crippen molar-refractivity contribution in [3.63, 3.8) is 0 Å². The van der Waals surface area contributed by atoms with E-state index in [4.69, 9.17) is 14.2 Å². The molecule has 0 aromatic heterocycles. The van der Waals surface area contributed by atoms with Gasteiger partial charge in [-0.25, -0.2) is 13.2 Å². The van der Waals surface area contributed by atoms with Gasteiger partial charge in [-0.15, -0.1) is 0 Å². The van der Waals surface area contributed by atoms with E-state index in [9.17, 15) is 8.78 Å². The van der Waals surface area contributed by atoms with Crippen molar-refractivity contribution in [3.8, 4) is 28.0 Å². The van der Waals surface area contributed by atoms with Crippen LogP contribution in [0, 0.1) is 23.3 Å². The van der Waals surface area contributed by atoms with Crippen LogP contribution in [-0.2, 0) is 9.47 Å². The first-order chi connectivity index (χ1) is 19.4. The molecule has 0 amide bonds. The summed E-state index contributed by atoms with van der Waals surface area (Å²) >= 11 is 0. The van der Waals surface area contributed by atoms with Crippen molar-refractivity contribution in [2.45, 2.75) is 77.4 Å². The molecular formula is C33H38F4O3. The Morgan fingerprint density at radius 1 is 0.650 bits per heavy atom.